The second-order valence-corrected chi connectivity index (χ2v) is 9.67. The molecule has 2 heterocycles. The van der Waals surface area contributed by atoms with Gasteiger partial charge < -0.3 is 15.0 Å². The lowest BCUT2D eigenvalue weighted by molar-refractivity contribution is 0.111. The molecule has 0 aromatic heterocycles. The number of hydrogen-bond donors (Lipinski definition) is 1. The van der Waals surface area contributed by atoms with E-state index in [4.69, 9.17) is 4.74 Å². The van der Waals surface area contributed by atoms with E-state index >= 15 is 0 Å². The van der Waals surface area contributed by atoms with Gasteiger partial charge in [-0.25, -0.2) is 0 Å². The van der Waals surface area contributed by atoms with E-state index in [1.165, 1.54) is 64.6 Å². The van der Waals surface area contributed by atoms with Gasteiger partial charge in [0.25, 0.3) is 0 Å². The van der Waals surface area contributed by atoms with Crippen LogP contribution in [0, 0.1) is 0 Å². The average Bonchev–Trinajstić information content (AvgIpc) is 2.90. The second-order valence-electron chi connectivity index (χ2n) is 9.67. The van der Waals surface area contributed by atoms with Gasteiger partial charge in [-0.2, -0.15) is 0 Å². The highest BCUT2D eigenvalue weighted by atomic mass is 16.5. The lowest BCUT2D eigenvalue weighted by atomic mass is 9.98. The highest BCUT2D eigenvalue weighted by Gasteiger charge is 2.17. The van der Waals surface area contributed by atoms with Gasteiger partial charge in [0.15, 0.2) is 12.0 Å². The zero-order valence-electron chi connectivity index (χ0n) is 20.6. The number of ether oxygens (including phenoxy) is 1. The van der Waals surface area contributed by atoms with Crippen LogP contribution in [0.15, 0.2) is 42.5 Å². The summed E-state index contributed by atoms with van der Waals surface area (Å²) in [5, 5.41) is 3.58. The van der Waals surface area contributed by atoms with Crippen molar-refractivity contribution in [2.75, 3.05) is 57.7 Å². The Bertz CT molecular complexity index is 874. The third kappa shape index (κ3) is 7.07. The van der Waals surface area contributed by atoms with E-state index in [1.807, 2.05) is 36.4 Å². The Morgan fingerprint density at radius 1 is 0.794 bits per heavy atom. The zero-order chi connectivity index (χ0) is 23.4. The van der Waals surface area contributed by atoms with Crippen LogP contribution in [-0.4, -0.2) is 68.5 Å². The van der Waals surface area contributed by atoms with Gasteiger partial charge in [0.2, 0.25) is 0 Å². The summed E-state index contributed by atoms with van der Waals surface area (Å²) in [5.41, 5.74) is 3.54. The highest BCUT2D eigenvalue weighted by molar-refractivity contribution is 5.94. The number of unbranched alkanes of at least 4 members (excludes halogenated alkanes) is 1. The van der Waals surface area contributed by atoms with Gasteiger partial charge in [-0.05, 0) is 88.4 Å². The van der Waals surface area contributed by atoms with Crippen LogP contribution < -0.4 is 10.1 Å². The fourth-order valence-electron chi connectivity index (χ4n) is 5.21. The monoisotopic (exact) mass is 463 g/mol. The summed E-state index contributed by atoms with van der Waals surface area (Å²) < 4.78 is 6.33. The lowest BCUT2D eigenvalue weighted by Crippen LogP contribution is -2.33. The van der Waals surface area contributed by atoms with E-state index in [0.717, 1.165) is 55.7 Å². The van der Waals surface area contributed by atoms with E-state index in [-0.39, 0.29) is 0 Å². The molecule has 184 valence electrons. The van der Waals surface area contributed by atoms with Crippen molar-refractivity contribution in [3.63, 3.8) is 0 Å². The van der Waals surface area contributed by atoms with E-state index in [2.05, 4.69) is 21.2 Å². The highest BCUT2D eigenvalue weighted by Crippen LogP contribution is 2.36. The zero-order valence-corrected chi connectivity index (χ0v) is 20.6. The van der Waals surface area contributed by atoms with Crippen molar-refractivity contribution in [3.8, 4) is 16.9 Å². The number of nitrogens with zero attached hydrogens (tertiary/aromatic N) is 2. The van der Waals surface area contributed by atoms with Crippen LogP contribution in [-0.2, 0) is 0 Å². The quantitative estimate of drug-likeness (QED) is 0.323. The summed E-state index contributed by atoms with van der Waals surface area (Å²) in [6.07, 6.45) is 11.2. The Hall–Kier alpha value is -2.37. The maximum Gasteiger partial charge on any atom is 0.154 e. The first kappa shape index (κ1) is 24.7. The Balaban J connectivity index is 1.41. The fraction of sp³-hybridized carbons (Fsp3) is 0.552. The molecule has 1 N–H and O–H groups in total. The number of aldehydes is 1. The number of carbonyl (C=O) groups excluding carboxylic acids is 1. The summed E-state index contributed by atoms with van der Waals surface area (Å²) in [5.74, 6) is 0.699. The summed E-state index contributed by atoms with van der Waals surface area (Å²) >= 11 is 0. The second kappa shape index (κ2) is 13.5. The van der Waals surface area contributed by atoms with Crippen molar-refractivity contribution in [2.24, 2.45) is 0 Å². The Kier molecular flexibility index (Phi) is 9.83. The standard InChI is InChI=1S/C29H41N3O2/c33-24-27-26(25-12-4-1-5-13-25)14-15-28(29(27)34-23-22-32-19-9-3-10-20-32)30-16-6-11-21-31-17-7-2-8-18-31/h1,4-5,12-15,24,30H,2-3,6-11,16-23H2. The molecule has 2 aliphatic rings. The average molecular weight is 464 g/mol. The summed E-state index contributed by atoms with van der Waals surface area (Å²) in [6, 6.07) is 14.2. The van der Waals surface area contributed by atoms with Gasteiger partial charge >= 0.3 is 0 Å². The Morgan fingerprint density at radius 3 is 2.15 bits per heavy atom. The predicted octanol–water partition coefficient (Wildman–Crippen LogP) is 5.71. The van der Waals surface area contributed by atoms with Crippen LogP contribution in [0.5, 0.6) is 5.75 Å². The topological polar surface area (TPSA) is 44.8 Å². The normalized spacial score (nSPS) is 17.4. The van der Waals surface area contributed by atoms with Crippen LogP contribution in [0.4, 0.5) is 5.69 Å². The summed E-state index contributed by atoms with van der Waals surface area (Å²) in [6.45, 7) is 8.39. The molecular formula is C29H41N3O2. The molecule has 0 unspecified atom stereocenters. The molecule has 2 fully saturated rings. The number of anilines is 1. The number of nitrogens with one attached hydrogen (secondary N) is 1. The maximum atomic E-state index is 12.3. The van der Waals surface area contributed by atoms with Crippen LogP contribution >= 0.6 is 0 Å². The van der Waals surface area contributed by atoms with Crippen molar-refractivity contribution < 1.29 is 9.53 Å². The van der Waals surface area contributed by atoms with Crippen molar-refractivity contribution in [3.05, 3.63) is 48.0 Å². The lowest BCUT2D eigenvalue weighted by Gasteiger charge is -2.27. The minimum absolute atomic E-state index is 0.600. The molecule has 5 nitrogen and oxygen atoms in total. The predicted molar refractivity (Wildman–Crippen MR) is 141 cm³/mol. The molecule has 5 heteroatoms. The molecule has 0 aliphatic carbocycles. The minimum Gasteiger partial charge on any atom is -0.489 e. The molecule has 2 aromatic carbocycles. The fourth-order valence-corrected chi connectivity index (χ4v) is 5.21. The first-order valence-electron chi connectivity index (χ1n) is 13.3. The molecular weight excluding hydrogens is 422 g/mol. The van der Waals surface area contributed by atoms with Crippen LogP contribution in [0.1, 0.15) is 61.7 Å². The van der Waals surface area contributed by atoms with Gasteiger partial charge in [0.05, 0.1) is 11.3 Å². The number of rotatable bonds is 12. The molecule has 2 aliphatic heterocycles. The number of carbonyl (C=O) groups is 1. The smallest absolute Gasteiger partial charge is 0.154 e. The SMILES string of the molecule is O=Cc1c(-c2ccccc2)ccc(NCCCCN2CCCCC2)c1OCCN1CCCCC1. The molecule has 0 bridgehead atoms. The molecule has 0 spiro atoms. The number of piperidine rings is 2. The molecule has 0 radical (unpaired) electrons. The molecule has 2 saturated heterocycles. The van der Waals surface area contributed by atoms with Crippen molar-refractivity contribution in [1.29, 1.82) is 0 Å². The van der Waals surface area contributed by atoms with Crippen LogP contribution in [0.3, 0.4) is 0 Å². The maximum absolute atomic E-state index is 12.3. The van der Waals surface area contributed by atoms with Crippen LogP contribution in [0.25, 0.3) is 11.1 Å². The molecule has 0 amide bonds. The Morgan fingerprint density at radius 2 is 1.47 bits per heavy atom. The van der Waals surface area contributed by atoms with Gasteiger partial charge in [-0.1, -0.05) is 49.2 Å². The Labute approximate surface area is 205 Å². The van der Waals surface area contributed by atoms with Crippen molar-refractivity contribution in [1.82, 2.24) is 9.80 Å². The van der Waals surface area contributed by atoms with Crippen molar-refractivity contribution in [2.45, 2.75) is 51.4 Å². The molecule has 0 atom stereocenters. The van der Waals surface area contributed by atoms with Gasteiger partial charge in [-0.15, -0.1) is 0 Å². The first-order chi connectivity index (χ1) is 16.8. The van der Waals surface area contributed by atoms with Gasteiger partial charge in [0, 0.05) is 13.1 Å². The minimum atomic E-state index is 0.600. The summed E-state index contributed by atoms with van der Waals surface area (Å²) in [7, 11) is 0. The number of likely N-dealkylation sites (tertiary alicyclic amines) is 2. The van der Waals surface area contributed by atoms with Gasteiger partial charge in [-0.3, -0.25) is 9.69 Å². The first-order valence-corrected chi connectivity index (χ1v) is 13.3. The number of benzene rings is 2. The van der Waals surface area contributed by atoms with Crippen molar-refractivity contribution >= 4 is 12.0 Å². The third-order valence-corrected chi connectivity index (χ3v) is 7.17. The van der Waals surface area contributed by atoms with E-state index in [0.29, 0.717) is 17.9 Å². The molecule has 2 aromatic rings. The molecule has 4 rings (SSSR count). The largest absolute Gasteiger partial charge is 0.489 e. The van der Waals surface area contributed by atoms with E-state index in [9.17, 15) is 4.79 Å². The van der Waals surface area contributed by atoms with Gasteiger partial charge in [0.1, 0.15) is 6.61 Å². The van der Waals surface area contributed by atoms with E-state index < -0.39 is 0 Å². The third-order valence-electron chi connectivity index (χ3n) is 7.17. The van der Waals surface area contributed by atoms with E-state index in [1.54, 1.807) is 0 Å². The molecule has 0 saturated carbocycles. The van der Waals surface area contributed by atoms with Crippen LogP contribution in [0.2, 0.25) is 0 Å². The molecule has 34 heavy (non-hydrogen) atoms. The summed E-state index contributed by atoms with van der Waals surface area (Å²) in [4.78, 5) is 17.3. The number of hydrogen-bond acceptors (Lipinski definition) is 5.